The molecule has 1 aliphatic rings. The molecular formula is C20H23NO3. The van der Waals surface area contributed by atoms with Gasteiger partial charge in [-0.15, -0.1) is 0 Å². The largest absolute Gasteiger partial charge is 0.508 e. The highest BCUT2D eigenvalue weighted by molar-refractivity contribution is 5.97. The maximum atomic E-state index is 12.9. The molecule has 0 bridgehead atoms. The second kappa shape index (κ2) is 5.86. The van der Waals surface area contributed by atoms with Gasteiger partial charge in [-0.05, 0) is 29.0 Å². The van der Waals surface area contributed by atoms with Crippen LogP contribution in [0.1, 0.15) is 47.8 Å². The molecule has 0 aliphatic carbocycles. The van der Waals surface area contributed by atoms with Gasteiger partial charge in [-0.2, -0.15) is 0 Å². The number of benzene rings is 2. The van der Waals surface area contributed by atoms with Gasteiger partial charge < -0.3 is 15.1 Å². The molecule has 24 heavy (non-hydrogen) atoms. The second-order valence-electron chi connectivity index (χ2n) is 7.38. The van der Waals surface area contributed by atoms with E-state index in [1.807, 2.05) is 39.0 Å². The number of fused-ring (bicyclic) bond motifs is 1. The standard InChI is InChI=1S/C20H23NO3/c1-20(2,3)16-10-15(17(22)11-18(16)23)19(24)21-9-8-13-6-4-5-7-14(13)12-21/h4-7,10-11,22-23H,8-9,12H2,1-3H3. The van der Waals surface area contributed by atoms with Gasteiger partial charge in [0.15, 0.2) is 0 Å². The first kappa shape index (κ1) is 16.4. The molecule has 1 amide bonds. The zero-order valence-corrected chi connectivity index (χ0v) is 14.3. The van der Waals surface area contributed by atoms with Crippen LogP contribution in [0, 0.1) is 0 Å². The number of aromatic hydroxyl groups is 2. The lowest BCUT2D eigenvalue weighted by Crippen LogP contribution is -2.36. The minimum absolute atomic E-state index is 0.0144. The van der Waals surface area contributed by atoms with Crippen LogP contribution >= 0.6 is 0 Å². The Labute approximate surface area is 142 Å². The van der Waals surface area contributed by atoms with Gasteiger partial charge in [0.25, 0.3) is 5.91 Å². The quantitative estimate of drug-likeness (QED) is 0.842. The van der Waals surface area contributed by atoms with E-state index in [-0.39, 0.29) is 28.4 Å². The Balaban J connectivity index is 1.94. The van der Waals surface area contributed by atoms with Crippen molar-refractivity contribution in [3.8, 4) is 11.5 Å². The minimum Gasteiger partial charge on any atom is -0.508 e. The van der Waals surface area contributed by atoms with Crippen LogP contribution in [0.3, 0.4) is 0 Å². The van der Waals surface area contributed by atoms with Crippen molar-refractivity contribution < 1.29 is 15.0 Å². The van der Waals surface area contributed by atoms with E-state index in [1.165, 1.54) is 11.6 Å². The van der Waals surface area contributed by atoms with Crippen LogP contribution in [0.15, 0.2) is 36.4 Å². The van der Waals surface area contributed by atoms with E-state index in [0.29, 0.717) is 18.7 Å². The molecule has 0 radical (unpaired) electrons. The third-order valence-electron chi connectivity index (χ3n) is 4.57. The lowest BCUT2D eigenvalue weighted by molar-refractivity contribution is 0.0731. The van der Waals surface area contributed by atoms with Gasteiger partial charge in [0.1, 0.15) is 11.5 Å². The molecule has 0 unspecified atom stereocenters. The van der Waals surface area contributed by atoms with Crippen molar-refractivity contribution >= 4 is 5.91 Å². The molecule has 1 aliphatic heterocycles. The van der Waals surface area contributed by atoms with Crippen LogP contribution in [-0.2, 0) is 18.4 Å². The fourth-order valence-electron chi connectivity index (χ4n) is 3.19. The SMILES string of the molecule is CC(C)(C)c1cc(C(=O)N2CCc3ccccc3C2)c(O)cc1O. The first-order chi connectivity index (χ1) is 11.3. The smallest absolute Gasteiger partial charge is 0.257 e. The number of hydrogen-bond donors (Lipinski definition) is 2. The van der Waals surface area contributed by atoms with Crippen LogP contribution in [0.2, 0.25) is 0 Å². The lowest BCUT2D eigenvalue weighted by atomic mass is 9.85. The summed E-state index contributed by atoms with van der Waals surface area (Å²) in [6.07, 6.45) is 0.812. The Kier molecular flexibility index (Phi) is 3.99. The van der Waals surface area contributed by atoms with Crippen molar-refractivity contribution in [1.82, 2.24) is 4.90 Å². The van der Waals surface area contributed by atoms with E-state index in [0.717, 1.165) is 12.0 Å². The summed E-state index contributed by atoms with van der Waals surface area (Å²) in [7, 11) is 0. The van der Waals surface area contributed by atoms with E-state index in [4.69, 9.17) is 0 Å². The summed E-state index contributed by atoms with van der Waals surface area (Å²) in [5.74, 6) is -0.364. The van der Waals surface area contributed by atoms with Gasteiger partial charge in [0, 0.05) is 24.7 Å². The van der Waals surface area contributed by atoms with Crippen molar-refractivity contribution in [2.24, 2.45) is 0 Å². The fourth-order valence-corrected chi connectivity index (χ4v) is 3.19. The highest BCUT2D eigenvalue weighted by Gasteiger charge is 2.27. The molecule has 1 heterocycles. The van der Waals surface area contributed by atoms with Crippen LogP contribution in [0.5, 0.6) is 11.5 Å². The number of hydrogen-bond acceptors (Lipinski definition) is 3. The molecule has 4 nitrogen and oxygen atoms in total. The maximum Gasteiger partial charge on any atom is 0.257 e. The van der Waals surface area contributed by atoms with Gasteiger partial charge in [-0.3, -0.25) is 4.79 Å². The number of nitrogens with zero attached hydrogens (tertiary/aromatic N) is 1. The van der Waals surface area contributed by atoms with E-state index >= 15 is 0 Å². The zero-order valence-electron chi connectivity index (χ0n) is 14.3. The van der Waals surface area contributed by atoms with Gasteiger partial charge in [0.05, 0.1) is 5.56 Å². The Bertz CT molecular complexity index is 790. The van der Waals surface area contributed by atoms with E-state index < -0.39 is 0 Å². The van der Waals surface area contributed by atoms with Crippen molar-refractivity contribution in [2.75, 3.05) is 6.54 Å². The molecule has 4 heteroatoms. The molecule has 0 atom stereocenters. The van der Waals surface area contributed by atoms with Crippen molar-refractivity contribution in [3.05, 3.63) is 58.7 Å². The van der Waals surface area contributed by atoms with Crippen molar-refractivity contribution in [3.63, 3.8) is 0 Å². The third-order valence-corrected chi connectivity index (χ3v) is 4.57. The summed E-state index contributed by atoms with van der Waals surface area (Å²) in [5.41, 5.74) is 3.00. The van der Waals surface area contributed by atoms with Crippen molar-refractivity contribution in [2.45, 2.75) is 39.2 Å². The highest BCUT2D eigenvalue weighted by atomic mass is 16.3. The Morgan fingerprint density at radius 3 is 2.38 bits per heavy atom. The summed E-state index contributed by atoms with van der Waals surface area (Å²) >= 11 is 0. The fraction of sp³-hybridized carbons (Fsp3) is 0.350. The van der Waals surface area contributed by atoms with Crippen LogP contribution in [-0.4, -0.2) is 27.6 Å². The molecule has 0 saturated carbocycles. The molecule has 2 N–H and O–H groups in total. The number of amides is 1. The number of carbonyl (C=O) groups excluding carboxylic acids is 1. The molecule has 0 saturated heterocycles. The molecule has 2 aromatic rings. The summed E-state index contributed by atoms with van der Waals surface area (Å²) in [5, 5.41) is 20.3. The Morgan fingerprint density at radius 1 is 1.04 bits per heavy atom. The zero-order chi connectivity index (χ0) is 17.5. The molecule has 0 aromatic heterocycles. The molecule has 2 aromatic carbocycles. The van der Waals surface area contributed by atoms with E-state index in [1.54, 1.807) is 11.0 Å². The first-order valence-electron chi connectivity index (χ1n) is 8.20. The topological polar surface area (TPSA) is 60.8 Å². The average molecular weight is 325 g/mol. The summed E-state index contributed by atoms with van der Waals surface area (Å²) in [4.78, 5) is 14.7. The summed E-state index contributed by atoms with van der Waals surface area (Å²) in [6.45, 7) is 7.06. The second-order valence-corrected chi connectivity index (χ2v) is 7.38. The minimum atomic E-state index is -0.318. The van der Waals surface area contributed by atoms with Gasteiger partial charge in [0.2, 0.25) is 0 Å². The number of phenols is 2. The van der Waals surface area contributed by atoms with Gasteiger partial charge >= 0.3 is 0 Å². The normalized spacial score (nSPS) is 14.4. The Morgan fingerprint density at radius 2 is 1.71 bits per heavy atom. The van der Waals surface area contributed by atoms with Crippen molar-refractivity contribution in [1.29, 1.82) is 0 Å². The van der Waals surface area contributed by atoms with Crippen LogP contribution in [0.4, 0.5) is 0 Å². The molecule has 0 spiro atoms. The number of rotatable bonds is 1. The number of phenolic OH excluding ortho intramolecular Hbond substituents is 2. The van der Waals surface area contributed by atoms with Gasteiger partial charge in [-0.1, -0.05) is 45.0 Å². The average Bonchev–Trinajstić information content (AvgIpc) is 2.52. The first-order valence-corrected chi connectivity index (χ1v) is 8.20. The predicted octanol–water partition coefficient (Wildman–Crippen LogP) is 3.59. The van der Waals surface area contributed by atoms with E-state index in [2.05, 4.69) is 6.07 Å². The Hall–Kier alpha value is -2.49. The summed E-state index contributed by atoms with van der Waals surface area (Å²) < 4.78 is 0. The lowest BCUT2D eigenvalue weighted by Gasteiger charge is -2.30. The van der Waals surface area contributed by atoms with Crippen LogP contribution < -0.4 is 0 Å². The van der Waals surface area contributed by atoms with Crippen LogP contribution in [0.25, 0.3) is 0 Å². The number of carbonyl (C=O) groups is 1. The predicted molar refractivity (Wildman–Crippen MR) is 93.4 cm³/mol. The molecule has 3 rings (SSSR count). The van der Waals surface area contributed by atoms with Gasteiger partial charge in [-0.25, -0.2) is 0 Å². The molecule has 0 fully saturated rings. The highest BCUT2D eigenvalue weighted by Crippen LogP contribution is 2.36. The maximum absolute atomic E-state index is 12.9. The van der Waals surface area contributed by atoms with E-state index in [9.17, 15) is 15.0 Å². The third kappa shape index (κ3) is 2.96. The monoisotopic (exact) mass is 325 g/mol. The molecular weight excluding hydrogens is 302 g/mol. The molecule has 126 valence electrons. The summed E-state index contributed by atoms with van der Waals surface area (Å²) in [6, 6.07) is 11.0.